The average Bonchev–Trinajstić information content (AvgIpc) is 1.89. The maximum Gasteiger partial charge on any atom is 0.342 e. The van der Waals surface area contributed by atoms with Crippen LogP contribution in [0.3, 0.4) is 0 Å². The molecule has 0 spiro atoms. The number of dihydropyridines is 1. The van der Waals surface area contributed by atoms with Crippen molar-refractivity contribution in [3.63, 3.8) is 0 Å². The number of aliphatic hydroxyl groups is 1. The second-order valence-electron chi connectivity index (χ2n) is 1.56. The smallest absolute Gasteiger partial charge is 0.342 e. The topological polar surface area (TPSA) is 69.0 Å². The Labute approximate surface area is 51.8 Å². The molecule has 4 nitrogen and oxygen atoms in total. The summed E-state index contributed by atoms with van der Waals surface area (Å²) in [6.45, 7) is 0. The van der Waals surface area contributed by atoms with E-state index in [4.69, 9.17) is 10.6 Å². The van der Waals surface area contributed by atoms with Gasteiger partial charge in [0, 0.05) is 12.3 Å². The van der Waals surface area contributed by atoms with Crippen LogP contribution in [0.1, 0.15) is 0 Å². The Morgan fingerprint density at radius 2 is 2.56 bits per heavy atom. The molecule has 0 aromatic heterocycles. The van der Waals surface area contributed by atoms with Crippen LogP contribution in [-0.2, 0) is 0 Å². The summed E-state index contributed by atoms with van der Waals surface area (Å²) < 4.78 is 0. The van der Waals surface area contributed by atoms with E-state index >= 15 is 0 Å². The fraction of sp³-hybridized carbons (Fsp3) is 0.200. The van der Waals surface area contributed by atoms with Crippen LogP contribution >= 0.6 is 0 Å². The molecular formula is C5H5N3O. The highest BCUT2D eigenvalue weighted by Gasteiger charge is 2.16. The van der Waals surface area contributed by atoms with Crippen molar-refractivity contribution >= 4 is 11.9 Å². The Bertz CT molecular complexity index is 212. The first-order chi connectivity index (χ1) is 4.34. The molecule has 0 fully saturated rings. The van der Waals surface area contributed by atoms with E-state index < -0.39 is 6.23 Å². The fourth-order valence-electron chi connectivity index (χ4n) is 0.520. The third-order valence-electron chi connectivity index (χ3n) is 0.960. The number of allylic oxidation sites excluding steroid dienone is 1. The van der Waals surface area contributed by atoms with Crippen molar-refractivity contribution in [1.82, 2.24) is 0 Å². The zero-order valence-corrected chi connectivity index (χ0v) is 4.60. The van der Waals surface area contributed by atoms with Gasteiger partial charge in [-0.25, -0.2) is 0 Å². The van der Waals surface area contributed by atoms with Gasteiger partial charge in [-0.05, 0) is 6.08 Å². The van der Waals surface area contributed by atoms with E-state index in [1.807, 2.05) is 0 Å². The normalized spacial score (nSPS) is 24.1. The van der Waals surface area contributed by atoms with Crippen molar-refractivity contribution in [3.8, 4) is 0 Å². The molecular weight excluding hydrogens is 118 g/mol. The third kappa shape index (κ3) is 1.10. The van der Waals surface area contributed by atoms with Crippen molar-refractivity contribution in [3.05, 3.63) is 17.7 Å². The van der Waals surface area contributed by atoms with Crippen LogP contribution in [0.2, 0.25) is 0 Å². The molecule has 1 rings (SSSR count). The lowest BCUT2D eigenvalue weighted by atomic mass is 10.3. The first kappa shape index (κ1) is 5.88. The van der Waals surface area contributed by atoms with Crippen LogP contribution in [0.25, 0.3) is 5.53 Å². The van der Waals surface area contributed by atoms with E-state index in [-0.39, 0.29) is 5.71 Å². The SMILES string of the molecule is [N-]=[N+]=C1C=CC=NC1O. The van der Waals surface area contributed by atoms with Gasteiger partial charge in [-0.1, -0.05) is 0 Å². The lowest BCUT2D eigenvalue weighted by Crippen LogP contribution is -2.18. The first-order valence-corrected chi connectivity index (χ1v) is 2.44. The standard InChI is InChI=1S/C5H5N3O/c6-8-4-2-1-3-7-5(4)9/h1-3,5,9H. The molecule has 0 amide bonds. The lowest BCUT2D eigenvalue weighted by Gasteiger charge is -1.97. The summed E-state index contributed by atoms with van der Waals surface area (Å²) in [5.41, 5.74) is 8.33. The van der Waals surface area contributed by atoms with Gasteiger partial charge >= 0.3 is 5.71 Å². The molecule has 9 heavy (non-hydrogen) atoms. The first-order valence-electron chi connectivity index (χ1n) is 2.44. The summed E-state index contributed by atoms with van der Waals surface area (Å²) in [6, 6.07) is 0. The van der Waals surface area contributed by atoms with E-state index in [1.165, 1.54) is 12.3 Å². The minimum Gasteiger partial charge on any atom is -0.362 e. The van der Waals surface area contributed by atoms with E-state index in [0.717, 1.165) is 0 Å². The molecule has 0 aliphatic carbocycles. The summed E-state index contributed by atoms with van der Waals surface area (Å²) in [7, 11) is 0. The van der Waals surface area contributed by atoms with Gasteiger partial charge in [0.1, 0.15) is 0 Å². The fourth-order valence-corrected chi connectivity index (χ4v) is 0.520. The monoisotopic (exact) mass is 123 g/mol. The molecule has 0 aromatic rings. The zero-order chi connectivity index (χ0) is 6.69. The van der Waals surface area contributed by atoms with Crippen molar-refractivity contribution < 1.29 is 9.90 Å². The number of rotatable bonds is 0. The number of hydrogen-bond acceptors (Lipinski definition) is 2. The molecule has 1 unspecified atom stereocenters. The minimum atomic E-state index is -1.00. The summed E-state index contributed by atoms with van der Waals surface area (Å²) >= 11 is 0. The van der Waals surface area contributed by atoms with Crippen LogP contribution < -0.4 is 0 Å². The molecule has 1 N–H and O–H groups in total. The number of aliphatic hydroxyl groups excluding tert-OH is 1. The van der Waals surface area contributed by atoms with Gasteiger partial charge in [0.15, 0.2) is 0 Å². The number of aliphatic imine (C=N–C) groups is 1. The molecule has 0 radical (unpaired) electrons. The van der Waals surface area contributed by atoms with E-state index in [0.29, 0.717) is 0 Å². The molecule has 1 aliphatic rings. The summed E-state index contributed by atoms with van der Waals surface area (Å²) in [4.78, 5) is 6.33. The van der Waals surface area contributed by atoms with E-state index in [9.17, 15) is 0 Å². The van der Waals surface area contributed by atoms with Gasteiger partial charge in [-0.2, -0.15) is 4.79 Å². The summed E-state index contributed by atoms with van der Waals surface area (Å²) in [5, 5.41) is 8.83. The van der Waals surface area contributed by atoms with E-state index in [2.05, 4.69) is 9.78 Å². The highest BCUT2D eigenvalue weighted by Crippen LogP contribution is 1.93. The molecule has 0 bridgehead atoms. The summed E-state index contributed by atoms with van der Waals surface area (Å²) in [6.07, 6.45) is 3.51. The van der Waals surface area contributed by atoms with Crippen LogP contribution in [0.15, 0.2) is 17.1 Å². The molecule has 0 saturated heterocycles. The van der Waals surface area contributed by atoms with Crippen LogP contribution in [-0.4, -0.2) is 28.1 Å². The Morgan fingerprint density at radius 1 is 1.78 bits per heavy atom. The lowest BCUT2D eigenvalue weighted by molar-refractivity contribution is -0.0178. The van der Waals surface area contributed by atoms with E-state index in [1.54, 1.807) is 6.08 Å². The van der Waals surface area contributed by atoms with Crippen molar-refractivity contribution in [2.24, 2.45) is 4.99 Å². The molecule has 4 heteroatoms. The van der Waals surface area contributed by atoms with Crippen LogP contribution in [0.4, 0.5) is 0 Å². The van der Waals surface area contributed by atoms with Gasteiger partial charge in [-0.15, -0.1) is 0 Å². The molecule has 1 heterocycles. The van der Waals surface area contributed by atoms with Crippen LogP contribution in [0.5, 0.6) is 0 Å². The maximum atomic E-state index is 8.83. The van der Waals surface area contributed by atoms with Crippen molar-refractivity contribution in [1.29, 1.82) is 0 Å². The van der Waals surface area contributed by atoms with Crippen molar-refractivity contribution in [2.45, 2.75) is 6.23 Å². The third-order valence-corrected chi connectivity index (χ3v) is 0.960. The zero-order valence-electron chi connectivity index (χ0n) is 4.60. The van der Waals surface area contributed by atoms with Gasteiger partial charge in [0.2, 0.25) is 6.23 Å². The largest absolute Gasteiger partial charge is 0.362 e. The predicted molar refractivity (Wildman–Crippen MR) is 32.3 cm³/mol. The van der Waals surface area contributed by atoms with Crippen LogP contribution in [0, 0.1) is 0 Å². The molecule has 1 aliphatic heterocycles. The van der Waals surface area contributed by atoms with Crippen molar-refractivity contribution in [2.75, 3.05) is 0 Å². The number of hydrogen-bond donors (Lipinski definition) is 1. The van der Waals surface area contributed by atoms with Gasteiger partial charge < -0.3 is 10.6 Å². The van der Waals surface area contributed by atoms with Gasteiger partial charge in [0.05, 0.1) is 0 Å². The molecule has 0 aromatic carbocycles. The van der Waals surface area contributed by atoms with Gasteiger partial charge in [-0.3, -0.25) is 4.99 Å². The van der Waals surface area contributed by atoms with Gasteiger partial charge in [0.25, 0.3) is 0 Å². The second-order valence-corrected chi connectivity index (χ2v) is 1.56. The Hall–Kier alpha value is -1.25. The molecule has 46 valence electrons. The molecule has 1 atom stereocenters. The minimum absolute atomic E-state index is 0.164. The highest BCUT2D eigenvalue weighted by atomic mass is 16.3. The Balaban J connectivity index is 2.90. The highest BCUT2D eigenvalue weighted by molar-refractivity contribution is 6.00. The molecule has 0 saturated carbocycles. The Kier molecular flexibility index (Phi) is 1.53. The Morgan fingerprint density at radius 3 is 3.00 bits per heavy atom. The quantitative estimate of drug-likeness (QED) is 0.346. The maximum absolute atomic E-state index is 8.83. The summed E-state index contributed by atoms with van der Waals surface area (Å²) in [5.74, 6) is 0. The average molecular weight is 123 g/mol. The second kappa shape index (κ2) is 2.35. The number of nitrogens with zero attached hydrogens (tertiary/aromatic N) is 3. The predicted octanol–water partition coefficient (Wildman–Crippen LogP) is -0.384.